The lowest BCUT2D eigenvalue weighted by atomic mass is 10.1. The van der Waals surface area contributed by atoms with Gasteiger partial charge in [-0.05, 0) is 55.8 Å². The second-order valence-corrected chi connectivity index (χ2v) is 8.44. The maximum atomic E-state index is 12.0. The Kier molecular flexibility index (Phi) is 6.98. The number of ether oxygens (including phenoxy) is 1. The minimum absolute atomic E-state index is 0.0510. The molecular formula is C21H19N5O7S. The minimum Gasteiger partial charge on any atom is -0.508 e. The molecule has 2 N–H and O–H groups in total. The molecule has 176 valence electrons. The molecule has 0 amide bonds. The van der Waals surface area contributed by atoms with Gasteiger partial charge < -0.3 is 9.84 Å². The molecule has 0 radical (unpaired) electrons. The molecule has 0 saturated carbocycles. The number of azo groups is 2. The smallest absolute Gasteiger partial charge is 0.296 e. The highest BCUT2D eigenvalue weighted by atomic mass is 32.2. The van der Waals surface area contributed by atoms with Crippen LogP contribution in [0.4, 0.5) is 28.4 Å². The van der Waals surface area contributed by atoms with Gasteiger partial charge in [0.15, 0.2) is 0 Å². The first-order valence-electron chi connectivity index (χ1n) is 9.57. The molecule has 12 nitrogen and oxygen atoms in total. The van der Waals surface area contributed by atoms with Gasteiger partial charge in [-0.3, -0.25) is 14.7 Å². The van der Waals surface area contributed by atoms with Crippen molar-refractivity contribution in [2.24, 2.45) is 20.5 Å². The number of nitro groups is 1. The van der Waals surface area contributed by atoms with Crippen molar-refractivity contribution in [3.05, 3.63) is 69.8 Å². The fourth-order valence-electron chi connectivity index (χ4n) is 2.86. The highest BCUT2D eigenvalue weighted by molar-refractivity contribution is 7.86. The van der Waals surface area contributed by atoms with E-state index < -0.39 is 19.9 Å². The molecule has 0 aliphatic heterocycles. The zero-order valence-electron chi connectivity index (χ0n) is 18.2. The minimum atomic E-state index is -4.73. The van der Waals surface area contributed by atoms with E-state index in [1.165, 1.54) is 56.5 Å². The average molecular weight is 485 g/mol. The molecule has 0 atom stereocenters. The van der Waals surface area contributed by atoms with Crippen molar-refractivity contribution in [1.82, 2.24) is 0 Å². The summed E-state index contributed by atoms with van der Waals surface area (Å²) in [7, 11) is -3.40. The molecule has 0 heterocycles. The van der Waals surface area contributed by atoms with E-state index in [4.69, 9.17) is 4.74 Å². The molecule has 0 aliphatic carbocycles. The van der Waals surface area contributed by atoms with Crippen molar-refractivity contribution in [2.45, 2.75) is 18.7 Å². The average Bonchev–Trinajstić information content (AvgIpc) is 2.77. The lowest BCUT2D eigenvalue weighted by molar-refractivity contribution is -0.385. The van der Waals surface area contributed by atoms with Gasteiger partial charge in [0.1, 0.15) is 22.1 Å². The van der Waals surface area contributed by atoms with Crippen LogP contribution in [0, 0.1) is 24.0 Å². The first-order chi connectivity index (χ1) is 16.0. The zero-order valence-corrected chi connectivity index (χ0v) is 19.0. The summed E-state index contributed by atoms with van der Waals surface area (Å²) in [5, 5.41) is 36.5. The quantitative estimate of drug-likeness (QED) is 0.178. The number of hydrogen-bond acceptors (Lipinski definition) is 10. The molecule has 34 heavy (non-hydrogen) atoms. The second kappa shape index (κ2) is 9.72. The number of rotatable bonds is 7. The number of nitrogens with zero attached hydrogens (tertiary/aromatic N) is 5. The number of phenolic OH excluding ortho intramolecular Hbond substituents is 1. The summed E-state index contributed by atoms with van der Waals surface area (Å²) in [6.07, 6.45) is 0. The van der Waals surface area contributed by atoms with Gasteiger partial charge in [0, 0.05) is 6.07 Å². The van der Waals surface area contributed by atoms with Crippen LogP contribution in [0.3, 0.4) is 0 Å². The topological polar surface area (TPSA) is 176 Å². The van der Waals surface area contributed by atoms with Crippen LogP contribution in [0.5, 0.6) is 11.5 Å². The van der Waals surface area contributed by atoms with Gasteiger partial charge >= 0.3 is 0 Å². The zero-order chi connectivity index (χ0) is 25.0. The number of nitro benzene ring substituents is 1. The Morgan fingerprint density at radius 2 is 1.53 bits per heavy atom. The molecule has 0 bridgehead atoms. The van der Waals surface area contributed by atoms with Crippen LogP contribution in [0.15, 0.2) is 73.9 Å². The van der Waals surface area contributed by atoms with E-state index in [0.29, 0.717) is 11.3 Å². The van der Waals surface area contributed by atoms with Crippen LogP contribution in [-0.2, 0) is 10.1 Å². The predicted molar refractivity (Wildman–Crippen MR) is 122 cm³/mol. The lowest BCUT2D eigenvalue weighted by Crippen LogP contribution is -1.99. The summed E-state index contributed by atoms with van der Waals surface area (Å²) in [4.78, 5) is 10.1. The van der Waals surface area contributed by atoms with Crippen LogP contribution in [-0.4, -0.2) is 30.1 Å². The van der Waals surface area contributed by atoms with Gasteiger partial charge in [0.2, 0.25) is 0 Å². The summed E-state index contributed by atoms with van der Waals surface area (Å²) in [6.45, 7) is 3.09. The lowest BCUT2D eigenvalue weighted by Gasteiger charge is -2.07. The SMILES string of the molecule is COc1cc(N=Nc2cc(C)c(N=Nc3ccc(O)cc3)cc2S(=O)(=O)O)c(C)c([N+](=O)[O-])c1. The summed E-state index contributed by atoms with van der Waals surface area (Å²) in [5.41, 5.74) is 0.854. The first-order valence-corrected chi connectivity index (χ1v) is 11.0. The van der Waals surface area contributed by atoms with Crippen LogP contribution in [0.25, 0.3) is 0 Å². The molecule has 0 spiro atoms. The summed E-state index contributed by atoms with van der Waals surface area (Å²) in [6, 6.07) is 10.9. The van der Waals surface area contributed by atoms with Gasteiger partial charge in [-0.25, -0.2) is 0 Å². The number of phenols is 1. The molecule has 0 fully saturated rings. The van der Waals surface area contributed by atoms with Crippen LogP contribution < -0.4 is 4.74 Å². The van der Waals surface area contributed by atoms with Crippen LogP contribution in [0.2, 0.25) is 0 Å². The number of methoxy groups -OCH3 is 1. The van der Waals surface area contributed by atoms with Gasteiger partial charge in [-0.1, -0.05) is 0 Å². The summed E-state index contributed by atoms with van der Waals surface area (Å²) < 4.78 is 38.8. The van der Waals surface area contributed by atoms with Crippen LogP contribution in [0.1, 0.15) is 11.1 Å². The number of benzene rings is 3. The van der Waals surface area contributed by atoms with Gasteiger partial charge in [0.05, 0.1) is 40.7 Å². The van der Waals surface area contributed by atoms with Crippen LogP contribution >= 0.6 is 0 Å². The van der Waals surface area contributed by atoms with E-state index in [2.05, 4.69) is 20.5 Å². The van der Waals surface area contributed by atoms with E-state index in [9.17, 15) is 28.2 Å². The van der Waals surface area contributed by atoms with Gasteiger partial charge in [-0.15, -0.1) is 10.2 Å². The molecule has 0 saturated heterocycles. The third-order valence-corrected chi connectivity index (χ3v) is 5.59. The van der Waals surface area contributed by atoms with Crippen molar-refractivity contribution < 1.29 is 27.7 Å². The standard InChI is InChI=1S/C21H19N5O7S/c1-12-8-19(25-24-18-9-16(33-3)10-20(13(18)2)26(28)29)21(34(30,31)32)11-17(12)23-22-14-4-6-15(27)7-5-14/h4-11,27H,1-3H3,(H,30,31,32). The maximum Gasteiger partial charge on any atom is 0.296 e. The number of aromatic hydroxyl groups is 1. The molecule has 3 aromatic carbocycles. The first kappa shape index (κ1) is 24.4. The van der Waals surface area contributed by atoms with E-state index in [-0.39, 0.29) is 39.8 Å². The Bertz CT molecular complexity index is 1420. The van der Waals surface area contributed by atoms with Gasteiger partial charge in [0.25, 0.3) is 15.8 Å². The van der Waals surface area contributed by atoms with Crippen molar-refractivity contribution in [3.63, 3.8) is 0 Å². The fourth-order valence-corrected chi connectivity index (χ4v) is 3.49. The Hall–Kier alpha value is -4.23. The Balaban J connectivity index is 2.07. The molecule has 0 aromatic heterocycles. The number of hydrogen-bond donors (Lipinski definition) is 2. The summed E-state index contributed by atoms with van der Waals surface area (Å²) >= 11 is 0. The molecule has 13 heteroatoms. The van der Waals surface area contributed by atoms with E-state index >= 15 is 0 Å². The van der Waals surface area contributed by atoms with Gasteiger partial charge in [-0.2, -0.15) is 18.6 Å². The third-order valence-electron chi connectivity index (χ3n) is 4.70. The molecular weight excluding hydrogens is 466 g/mol. The molecule has 0 unspecified atom stereocenters. The van der Waals surface area contributed by atoms with Crippen molar-refractivity contribution >= 4 is 38.6 Å². The maximum absolute atomic E-state index is 12.0. The van der Waals surface area contributed by atoms with Crippen molar-refractivity contribution in [3.8, 4) is 11.5 Å². The molecule has 3 rings (SSSR count). The molecule has 3 aromatic rings. The van der Waals surface area contributed by atoms with Crippen molar-refractivity contribution in [1.29, 1.82) is 0 Å². The monoisotopic (exact) mass is 485 g/mol. The Morgan fingerprint density at radius 3 is 2.12 bits per heavy atom. The number of aryl methyl sites for hydroxylation is 1. The predicted octanol–water partition coefficient (Wildman–Crippen LogP) is 6.00. The largest absolute Gasteiger partial charge is 0.508 e. The Morgan fingerprint density at radius 1 is 0.912 bits per heavy atom. The normalized spacial score (nSPS) is 11.9. The molecule has 0 aliphatic rings. The Labute approximate surface area is 194 Å². The summed E-state index contributed by atoms with van der Waals surface area (Å²) in [5.74, 6) is 0.220. The fraction of sp³-hybridized carbons (Fsp3) is 0.143. The van der Waals surface area contributed by atoms with E-state index in [1.54, 1.807) is 6.92 Å². The third kappa shape index (κ3) is 5.57. The highest BCUT2D eigenvalue weighted by Crippen LogP contribution is 2.37. The second-order valence-electron chi connectivity index (χ2n) is 7.05. The van der Waals surface area contributed by atoms with E-state index in [0.717, 1.165) is 6.07 Å². The van der Waals surface area contributed by atoms with E-state index in [1.807, 2.05) is 0 Å². The van der Waals surface area contributed by atoms with Crippen molar-refractivity contribution in [2.75, 3.05) is 7.11 Å². The highest BCUT2D eigenvalue weighted by Gasteiger charge is 2.20.